The van der Waals surface area contributed by atoms with Gasteiger partial charge in [-0.15, -0.1) is 0 Å². The molecule has 0 saturated heterocycles. The number of carbonyl (C=O) groups is 1. The van der Waals surface area contributed by atoms with Crippen molar-refractivity contribution in [2.24, 2.45) is 5.73 Å². The van der Waals surface area contributed by atoms with Crippen LogP contribution in [0.25, 0.3) is 5.69 Å². The minimum atomic E-state index is -0.792. The van der Waals surface area contributed by atoms with Gasteiger partial charge in [0, 0.05) is 30.9 Å². The van der Waals surface area contributed by atoms with Gasteiger partial charge in [-0.25, -0.2) is 18.4 Å². The number of pyridine rings is 1. The number of benzene rings is 2. The smallest absolute Gasteiger partial charge is 0.196 e. The zero-order valence-electron chi connectivity index (χ0n) is 16.4. The van der Waals surface area contributed by atoms with Crippen molar-refractivity contribution >= 4 is 11.6 Å². The first-order valence-electron chi connectivity index (χ1n) is 9.57. The Labute approximate surface area is 177 Å². The first kappa shape index (κ1) is 20.4. The molecule has 156 valence electrons. The maximum Gasteiger partial charge on any atom is 0.196 e. The van der Waals surface area contributed by atoms with E-state index in [1.54, 1.807) is 24.4 Å². The van der Waals surface area contributed by atoms with Crippen LogP contribution in [0.4, 0.5) is 14.6 Å². The molecular formula is C23H19F2N5O. The van der Waals surface area contributed by atoms with Gasteiger partial charge in [-0.1, -0.05) is 24.3 Å². The predicted molar refractivity (Wildman–Crippen MR) is 113 cm³/mol. The highest BCUT2D eigenvalue weighted by molar-refractivity contribution is 6.09. The second-order valence-electron chi connectivity index (χ2n) is 6.81. The number of nitrogens with zero attached hydrogens (tertiary/aromatic N) is 3. The van der Waals surface area contributed by atoms with Crippen LogP contribution >= 0.6 is 0 Å². The molecule has 31 heavy (non-hydrogen) atoms. The van der Waals surface area contributed by atoms with Crippen molar-refractivity contribution in [1.82, 2.24) is 14.8 Å². The van der Waals surface area contributed by atoms with Gasteiger partial charge in [0.1, 0.15) is 17.3 Å². The van der Waals surface area contributed by atoms with E-state index in [-0.39, 0.29) is 23.6 Å². The Balaban J connectivity index is 1.60. The molecule has 0 atom stereocenters. The highest BCUT2D eigenvalue weighted by Gasteiger charge is 2.20. The number of anilines is 1. The number of hydrogen-bond donors (Lipinski definition) is 2. The summed E-state index contributed by atoms with van der Waals surface area (Å²) in [6, 6.07) is 15.9. The van der Waals surface area contributed by atoms with Gasteiger partial charge >= 0.3 is 0 Å². The first-order chi connectivity index (χ1) is 15.1. The third kappa shape index (κ3) is 4.34. The Hall–Kier alpha value is -3.91. The van der Waals surface area contributed by atoms with Gasteiger partial charge in [0.05, 0.1) is 17.5 Å². The lowest BCUT2D eigenvalue weighted by Crippen LogP contribution is -2.13. The summed E-state index contributed by atoms with van der Waals surface area (Å²) in [6.45, 7) is 0.445. The molecule has 0 amide bonds. The fourth-order valence-electron chi connectivity index (χ4n) is 3.26. The molecule has 0 aliphatic rings. The van der Waals surface area contributed by atoms with E-state index in [9.17, 15) is 13.6 Å². The van der Waals surface area contributed by atoms with Crippen LogP contribution in [0.3, 0.4) is 0 Å². The Kier molecular flexibility index (Phi) is 5.81. The van der Waals surface area contributed by atoms with Crippen molar-refractivity contribution in [3.8, 4) is 5.69 Å². The summed E-state index contributed by atoms with van der Waals surface area (Å²) in [7, 11) is 0. The zero-order chi connectivity index (χ0) is 21.8. The van der Waals surface area contributed by atoms with Gasteiger partial charge < -0.3 is 11.1 Å². The van der Waals surface area contributed by atoms with E-state index >= 15 is 0 Å². The van der Waals surface area contributed by atoms with Crippen molar-refractivity contribution in [3.05, 3.63) is 107 Å². The number of nitrogens with one attached hydrogen (secondary N) is 1. The van der Waals surface area contributed by atoms with E-state index < -0.39 is 11.6 Å². The van der Waals surface area contributed by atoms with Crippen molar-refractivity contribution < 1.29 is 13.6 Å². The minimum Gasteiger partial charge on any atom is -0.366 e. The summed E-state index contributed by atoms with van der Waals surface area (Å²) < 4.78 is 28.7. The molecule has 2 heterocycles. The molecule has 0 bridgehead atoms. The number of ketones is 1. The molecule has 0 aliphatic carbocycles. The Bertz CT molecular complexity index is 1220. The minimum absolute atomic E-state index is 0.0224. The van der Waals surface area contributed by atoms with E-state index in [0.29, 0.717) is 17.8 Å². The van der Waals surface area contributed by atoms with Crippen LogP contribution in [0.5, 0.6) is 0 Å². The number of nitrogens with two attached hydrogens (primary N) is 1. The SMILES string of the molecule is NCc1c(C(=O)c2cccc(CNc3ccccn3)c2)cnn1-c1ccc(F)cc1F. The third-order valence-corrected chi connectivity index (χ3v) is 4.77. The van der Waals surface area contributed by atoms with Gasteiger partial charge in [0.2, 0.25) is 0 Å². The molecule has 2 aromatic carbocycles. The number of carbonyl (C=O) groups excluding carboxylic acids is 1. The lowest BCUT2D eigenvalue weighted by atomic mass is 10.0. The van der Waals surface area contributed by atoms with Gasteiger partial charge in [-0.3, -0.25) is 4.79 Å². The van der Waals surface area contributed by atoms with Crippen LogP contribution in [-0.4, -0.2) is 20.5 Å². The lowest BCUT2D eigenvalue weighted by Gasteiger charge is -2.10. The quantitative estimate of drug-likeness (QED) is 0.445. The Morgan fingerprint density at radius 1 is 1.06 bits per heavy atom. The molecule has 4 rings (SSSR count). The fourth-order valence-corrected chi connectivity index (χ4v) is 3.26. The number of hydrogen-bond acceptors (Lipinski definition) is 5. The van der Waals surface area contributed by atoms with Crippen LogP contribution in [0.1, 0.15) is 27.2 Å². The predicted octanol–water partition coefficient (Wildman–Crippen LogP) is 3.85. The molecule has 6 nitrogen and oxygen atoms in total. The van der Waals surface area contributed by atoms with Crippen molar-refractivity contribution in [2.45, 2.75) is 13.1 Å². The number of aromatic nitrogens is 3. The second-order valence-corrected chi connectivity index (χ2v) is 6.81. The Morgan fingerprint density at radius 2 is 1.94 bits per heavy atom. The Morgan fingerprint density at radius 3 is 2.68 bits per heavy atom. The molecule has 0 saturated carbocycles. The standard InChI is InChI=1S/C23H19F2N5O/c24-17-7-8-20(19(25)11-17)30-21(12-26)18(14-29-30)23(31)16-5-3-4-15(10-16)13-28-22-6-1-2-9-27-22/h1-11,14H,12-13,26H2,(H,27,28). The molecule has 0 unspecified atom stereocenters. The summed E-state index contributed by atoms with van der Waals surface area (Å²) in [4.78, 5) is 17.3. The summed E-state index contributed by atoms with van der Waals surface area (Å²) in [6.07, 6.45) is 3.05. The van der Waals surface area contributed by atoms with E-state index in [1.165, 1.54) is 16.9 Å². The monoisotopic (exact) mass is 419 g/mol. The van der Waals surface area contributed by atoms with Crippen LogP contribution in [0.15, 0.2) is 73.1 Å². The molecule has 0 aliphatic heterocycles. The van der Waals surface area contributed by atoms with Crippen molar-refractivity contribution in [3.63, 3.8) is 0 Å². The molecule has 8 heteroatoms. The third-order valence-electron chi connectivity index (χ3n) is 4.77. The van der Waals surface area contributed by atoms with E-state index in [0.717, 1.165) is 23.5 Å². The molecule has 0 fully saturated rings. The maximum atomic E-state index is 14.2. The maximum absolute atomic E-state index is 14.2. The molecule has 4 aromatic rings. The highest BCUT2D eigenvalue weighted by Crippen LogP contribution is 2.21. The summed E-state index contributed by atoms with van der Waals surface area (Å²) in [5.74, 6) is -1.05. The number of halogens is 2. The fraction of sp³-hybridized carbons (Fsp3) is 0.0870. The first-order valence-corrected chi connectivity index (χ1v) is 9.57. The van der Waals surface area contributed by atoms with Gasteiger partial charge in [0.25, 0.3) is 0 Å². The second kappa shape index (κ2) is 8.85. The van der Waals surface area contributed by atoms with Crippen LogP contribution in [0.2, 0.25) is 0 Å². The van der Waals surface area contributed by atoms with E-state index in [1.807, 2.05) is 24.3 Å². The molecule has 0 radical (unpaired) electrons. The summed E-state index contributed by atoms with van der Waals surface area (Å²) >= 11 is 0. The van der Waals surface area contributed by atoms with Crippen molar-refractivity contribution in [1.29, 1.82) is 0 Å². The normalized spacial score (nSPS) is 10.8. The van der Waals surface area contributed by atoms with Crippen LogP contribution in [0, 0.1) is 11.6 Å². The zero-order valence-corrected chi connectivity index (χ0v) is 16.4. The van der Waals surface area contributed by atoms with Crippen LogP contribution in [-0.2, 0) is 13.1 Å². The molecule has 3 N–H and O–H groups in total. The van der Waals surface area contributed by atoms with Gasteiger partial charge in [-0.2, -0.15) is 5.10 Å². The van der Waals surface area contributed by atoms with Crippen LogP contribution < -0.4 is 11.1 Å². The lowest BCUT2D eigenvalue weighted by molar-refractivity contribution is 0.103. The topological polar surface area (TPSA) is 85.8 Å². The molecular weight excluding hydrogens is 400 g/mol. The average Bonchev–Trinajstić information content (AvgIpc) is 3.22. The van der Waals surface area contributed by atoms with E-state index in [4.69, 9.17) is 5.73 Å². The summed E-state index contributed by atoms with van der Waals surface area (Å²) in [5.41, 5.74) is 7.82. The van der Waals surface area contributed by atoms with Gasteiger partial charge in [-0.05, 0) is 35.9 Å². The van der Waals surface area contributed by atoms with Gasteiger partial charge in [0.15, 0.2) is 11.6 Å². The van der Waals surface area contributed by atoms with Crippen molar-refractivity contribution in [2.75, 3.05) is 5.32 Å². The average molecular weight is 419 g/mol. The largest absolute Gasteiger partial charge is 0.366 e. The molecule has 0 spiro atoms. The number of rotatable bonds is 7. The summed E-state index contributed by atoms with van der Waals surface area (Å²) in [5, 5.41) is 7.32. The highest BCUT2D eigenvalue weighted by atomic mass is 19.1. The molecule has 2 aromatic heterocycles. The van der Waals surface area contributed by atoms with E-state index in [2.05, 4.69) is 15.4 Å².